The van der Waals surface area contributed by atoms with Crippen molar-refractivity contribution in [2.75, 3.05) is 21.1 Å². The third kappa shape index (κ3) is 2.38. The Kier molecular flexibility index (Phi) is 2.56. The van der Waals surface area contributed by atoms with E-state index in [4.69, 9.17) is 0 Å². The van der Waals surface area contributed by atoms with Crippen LogP contribution in [-0.4, -0.2) is 35.6 Å². The van der Waals surface area contributed by atoms with Crippen molar-refractivity contribution < 1.29 is 4.48 Å². The van der Waals surface area contributed by atoms with Crippen molar-refractivity contribution >= 4 is 26.8 Å². The molecule has 0 fully saturated rings. The molecule has 2 heterocycles. The van der Waals surface area contributed by atoms with Gasteiger partial charge in [-0.1, -0.05) is 0 Å². The Hall–Kier alpha value is -0.870. The molecule has 0 atom stereocenters. The molecule has 0 saturated carbocycles. The summed E-state index contributed by atoms with van der Waals surface area (Å²) in [7, 11) is 6.56. The van der Waals surface area contributed by atoms with E-state index in [1.165, 1.54) is 10.9 Å². The predicted molar refractivity (Wildman–Crippen MR) is 65.5 cm³/mol. The van der Waals surface area contributed by atoms with Crippen molar-refractivity contribution in [3.8, 4) is 0 Å². The van der Waals surface area contributed by atoms with Crippen LogP contribution in [0, 0.1) is 0 Å². The molecule has 1 N–H and O–H groups in total. The quantitative estimate of drug-likeness (QED) is 0.658. The number of fused-ring (bicyclic) bond motifs is 1. The van der Waals surface area contributed by atoms with Crippen LogP contribution in [0.2, 0.25) is 0 Å². The minimum absolute atomic E-state index is 0.869. The van der Waals surface area contributed by atoms with Gasteiger partial charge in [0.15, 0.2) is 0 Å². The van der Waals surface area contributed by atoms with E-state index in [0.29, 0.717) is 0 Å². The SMILES string of the molecule is C[N+](C)(C)Cc1c[nH]c2cc(Br)ncc12. The van der Waals surface area contributed by atoms with Crippen LogP contribution in [0.5, 0.6) is 0 Å². The third-order valence-electron chi connectivity index (χ3n) is 2.26. The highest BCUT2D eigenvalue weighted by molar-refractivity contribution is 9.10. The number of aromatic amines is 1. The molecule has 80 valence electrons. The monoisotopic (exact) mass is 268 g/mol. The molecule has 0 aliphatic carbocycles. The maximum atomic E-state index is 4.26. The van der Waals surface area contributed by atoms with Crippen LogP contribution >= 0.6 is 15.9 Å². The Morgan fingerprint density at radius 3 is 2.80 bits per heavy atom. The Morgan fingerprint density at radius 1 is 1.40 bits per heavy atom. The average molecular weight is 269 g/mol. The smallest absolute Gasteiger partial charge is 0.108 e. The van der Waals surface area contributed by atoms with Gasteiger partial charge in [0.1, 0.15) is 11.1 Å². The first-order chi connectivity index (χ1) is 6.96. The third-order valence-corrected chi connectivity index (χ3v) is 2.70. The molecule has 2 aromatic rings. The Balaban J connectivity index is 2.45. The van der Waals surface area contributed by atoms with Gasteiger partial charge in [0.25, 0.3) is 0 Å². The van der Waals surface area contributed by atoms with Crippen LogP contribution in [0.25, 0.3) is 10.9 Å². The fraction of sp³-hybridized carbons (Fsp3) is 0.364. The van der Waals surface area contributed by atoms with E-state index in [2.05, 4.69) is 53.2 Å². The molecule has 0 spiro atoms. The lowest BCUT2D eigenvalue weighted by Gasteiger charge is -2.23. The first-order valence-corrected chi connectivity index (χ1v) is 5.67. The summed E-state index contributed by atoms with van der Waals surface area (Å²) in [6.45, 7) is 1.00. The van der Waals surface area contributed by atoms with Crippen LogP contribution < -0.4 is 0 Å². The second-order valence-electron chi connectivity index (χ2n) is 4.81. The maximum Gasteiger partial charge on any atom is 0.108 e. The first kappa shape index (κ1) is 10.6. The van der Waals surface area contributed by atoms with Gasteiger partial charge >= 0.3 is 0 Å². The molecule has 0 bridgehead atoms. The van der Waals surface area contributed by atoms with Crippen molar-refractivity contribution in [1.82, 2.24) is 9.97 Å². The summed E-state index contributed by atoms with van der Waals surface area (Å²) < 4.78 is 1.79. The standard InChI is InChI=1S/C11H15BrN3/c1-15(2,3)7-8-5-13-10-4-11(12)14-6-9(8)10/h4-6,13H,7H2,1-3H3/q+1. The molecule has 3 nitrogen and oxygen atoms in total. The highest BCUT2D eigenvalue weighted by Crippen LogP contribution is 2.21. The molecule has 2 rings (SSSR count). The summed E-state index contributed by atoms with van der Waals surface area (Å²) >= 11 is 3.37. The van der Waals surface area contributed by atoms with E-state index < -0.39 is 0 Å². The highest BCUT2D eigenvalue weighted by Gasteiger charge is 2.13. The summed E-state index contributed by atoms with van der Waals surface area (Å²) in [5, 5.41) is 1.21. The second kappa shape index (κ2) is 3.61. The molecule has 0 aliphatic rings. The van der Waals surface area contributed by atoms with Crippen LogP contribution in [-0.2, 0) is 6.54 Å². The maximum absolute atomic E-state index is 4.26. The zero-order valence-electron chi connectivity index (χ0n) is 9.21. The lowest BCUT2D eigenvalue weighted by molar-refractivity contribution is -0.883. The minimum Gasteiger partial charge on any atom is -0.361 e. The molecular formula is C11H15BrN3+. The van der Waals surface area contributed by atoms with Crippen LogP contribution in [0.4, 0.5) is 0 Å². The van der Waals surface area contributed by atoms with Gasteiger partial charge in [-0.05, 0) is 22.0 Å². The zero-order chi connectivity index (χ0) is 11.1. The van der Waals surface area contributed by atoms with Crippen LogP contribution in [0.3, 0.4) is 0 Å². The topological polar surface area (TPSA) is 28.7 Å². The van der Waals surface area contributed by atoms with Gasteiger partial charge in [-0.25, -0.2) is 4.98 Å². The van der Waals surface area contributed by atoms with Crippen molar-refractivity contribution in [3.63, 3.8) is 0 Å². The van der Waals surface area contributed by atoms with Crippen molar-refractivity contribution in [2.45, 2.75) is 6.54 Å². The number of H-pyrrole nitrogens is 1. The van der Waals surface area contributed by atoms with Crippen LogP contribution in [0.1, 0.15) is 5.56 Å². The fourth-order valence-electron chi connectivity index (χ4n) is 1.69. The van der Waals surface area contributed by atoms with E-state index in [1.54, 1.807) is 0 Å². The molecule has 4 heteroatoms. The minimum atomic E-state index is 0.869. The van der Waals surface area contributed by atoms with Gasteiger partial charge in [0.05, 0.1) is 26.7 Å². The second-order valence-corrected chi connectivity index (χ2v) is 5.63. The summed E-state index contributed by atoms with van der Waals surface area (Å²) in [5.74, 6) is 0. The lowest BCUT2D eigenvalue weighted by Crippen LogP contribution is -2.33. The van der Waals surface area contributed by atoms with Crippen LogP contribution in [0.15, 0.2) is 23.1 Å². The largest absolute Gasteiger partial charge is 0.361 e. The molecular weight excluding hydrogens is 254 g/mol. The number of quaternary nitrogens is 1. The molecule has 0 amide bonds. The van der Waals surface area contributed by atoms with E-state index in [9.17, 15) is 0 Å². The Morgan fingerprint density at radius 2 is 2.13 bits per heavy atom. The Labute approximate surface area is 97.8 Å². The average Bonchev–Trinajstić information content (AvgIpc) is 2.45. The number of rotatable bonds is 2. The molecule has 0 unspecified atom stereocenters. The summed E-state index contributed by atoms with van der Waals surface area (Å²) in [5.41, 5.74) is 2.46. The number of aromatic nitrogens is 2. The lowest BCUT2D eigenvalue weighted by atomic mass is 10.2. The fourth-order valence-corrected chi connectivity index (χ4v) is 2.02. The summed E-state index contributed by atoms with van der Waals surface area (Å²) in [6, 6.07) is 2.01. The van der Waals surface area contributed by atoms with Gasteiger partial charge in [-0.15, -0.1) is 0 Å². The predicted octanol–water partition coefficient (Wildman–Crippen LogP) is 2.53. The number of pyridine rings is 1. The number of hydrogen-bond donors (Lipinski definition) is 1. The van der Waals surface area contributed by atoms with Crippen molar-refractivity contribution in [1.29, 1.82) is 0 Å². The number of nitrogens with one attached hydrogen (secondary N) is 1. The number of nitrogens with zero attached hydrogens (tertiary/aromatic N) is 2. The van der Waals surface area contributed by atoms with Gasteiger partial charge in [0.2, 0.25) is 0 Å². The number of hydrogen-bond acceptors (Lipinski definition) is 1. The van der Waals surface area contributed by atoms with E-state index in [1.807, 2.05) is 12.3 Å². The van der Waals surface area contributed by atoms with Gasteiger partial charge in [-0.2, -0.15) is 0 Å². The van der Waals surface area contributed by atoms with Crippen molar-refractivity contribution in [2.24, 2.45) is 0 Å². The number of halogens is 1. The highest BCUT2D eigenvalue weighted by atomic mass is 79.9. The Bertz CT molecular complexity index is 482. The summed E-state index contributed by atoms with van der Waals surface area (Å²) in [4.78, 5) is 7.53. The normalized spacial score (nSPS) is 12.3. The van der Waals surface area contributed by atoms with E-state index >= 15 is 0 Å². The molecule has 0 aromatic carbocycles. The van der Waals surface area contributed by atoms with Gasteiger partial charge in [0, 0.05) is 23.3 Å². The molecule has 2 aromatic heterocycles. The molecule has 0 radical (unpaired) electrons. The summed E-state index contributed by atoms with van der Waals surface area (Å²) in [6.07, 6.45) is 3.99. The molecule has 15 heavy (non-hydrogen) atoms. The van der Waals surface area contributed by atoms with E-state index in [-0.39, 0.29) is 0 Å². The first-order valence-electron chi connectivity index (χ1n) is 4.88. The zero-order valence-corrected chi connectivity index (χ0v) is 10.8. The van der Waals surface area contributed by atoms with Gasteiger partial charge in [-0.3, -0.25) is 0 Å². The van der Waals surface area contributed by atoms with Crippen molar-refractivity contribution in [3.05, 3.63) is 28.6 Å². The van der Waals surface area contributed by atoms with E-state index in [0.717, 1.165) is 21.1 Å². The van der Waals surface area contributed by atoms with Gasteiger partial charge < -0.3 is 9.47 Å². The molecule has 0 saturated heterocycles. The molecule has 0 aliphatic heterocycles.